The average molecular weight is 421 g/mol. The number of ether oxygens (including phenoxy) is 2. The number of hydrogen-bond donors (Lipinski definition) is 0. The highest BCUT2D eigenvalue weighted by Gasteiger charge is 2.32. The zero-order valence-electron chi connectivity index (χ0n) is 15.5. The molecular weight excluding hydrogens is 403 g/mol. The van der Waals surface area contributed by atoms with Crippen LogP contribution in [-0.4, -0.2) is 36.7 Å². The van der Waals surface area contributed by atoms with E-state index in [4.69, 9.17) is 21.1 Å². The molecule has 0 N–H and O–H groups in total. The molecule has 3 rings (SSSR count). The topological polar surface area (TPSA) is 51.1 Å². The predicted molar refractivity (Wildman–Crippen MR) is 111 cm³/mol. The van der Waals surface area contributed by atoms with Crippen LogP contribution in [0.3, 0.4) is 0 Å². The Bertz CT molecular complexity index is 961. The molecule has 2 aromatic carbocycles. The fourth-order valence-corrected chi connectivity index (χ4v) is 3.88. The van der Waals surface area contributed by atoms with Gasteiger partial charge >= 0.3 is 0 Å². The van der Waals surface area contributed by atoms with E-state index in [0.29, 0.717) is 44.4 Å². The summed E-state index contributed by atoms with van der Waals surface area (Å²) in [5, 5.41) is 0.965. The van der Waals surface area contributed by atoms with E-state index in [1.165, 1.54) is 38.1 Å². The minimum absolute atomic E-state index is 0.167. The molecule has 0 saturated carbocycles. The van der Waals surface area contributed by atoms with Crippen molar-refractivity contribution in [1.82, 2.24) is 4.90 Å². The summed E-state index contributed by atoms with van der Waals surface area (Å²) >= 11 is 7.57. The number of amidine groups is 1. The van der Waals surface area contributed by atoms with E-state index in [0.717, 1.165) is 0 Å². The molecule has 0 atom stereocenters. The predicted octanol–water partition coefficient (Wildman–Crippen LogP) is 5.12. The van der Waals surface area contributed by atoms with Crippen LogP contribution in [0.2, 0.25) is 5.02 Å². The Morgan fingerprint density at radius 3 is 2.43 bits per heavy atom. The molecule has 8 heteroatoms. The molecule has 0 spiro atoms. The van der Waals surface area contributed by atoms with Crippen molar-refractivity contribution in [2.75, 3.05) is 20.8 Å². The number of amides is 1. The number of aliphatic imine (C=N–C) groups is 1. The zero-order chi connectivity index (χ0) is 20.3. The quantitative estimate of drug-likeness (QED) is 0.630. The van der Waals surface area contributed by atoms with E-state index in [2.05, 4.69) is 4.99 Å². The second kappa shape index (κ2) is 8.67. The summed E-state index contributed by atoms with van der Waals surface area (Å²) in [7, 11) is 3.06. The van der Waals surface area contributed by atoms with Crippen molar-refractivity contribution in [1.29, 1.82) is 0 Å². The number of likely N-dealkylation sites (N-methyl/N-ethyl adjacent to an activating group) is 1. The van der Waals surface area contributed by atoms with Crippen molar-refractivity contribution >= 4 is 46.2 Å². The van der Waals surface area contributed by atoms with Crippen LogP contribution in [0.1, 0.15) is 12.5 Å². The maximum atomic E-state index is 13.1. The van der Waals surface area contributed by atoms with Gasteiger partial charge in [0.1, 0.15) is 5.82 Å². The maximum absolute atomic E-state index is 13.1. The van der Waals surface area contributed by atoms with Crippen molar-refractivity contribution in [2.45, 2.75) is 6.92 Å². The second-order valence-electron chi connectivity index (χ2n) is 5.76. The van der Waals surface area contributed by atoms with Crippen LogP contribution < -0.4 is 9.47 Å². The molecule has 0 unspecified atom stereocenters. The van der Waals surface area contributed by atoms with E-state index in [9.17, 15) is 9.18 Å². The van der Waals surface area contributed by atoms with Crippen LogP contribution in [0, 0.1) is 5.82 Å². The molecule has 1 heterocycles. The lowest BCUT2D eigenvalue weighted by molar-refractivity contribution is -0.122. The molecular formula is C20H18ClFN2O3S. The summed E-state index contributed by atoms with van der Waals surface area (Å²) in [4.78, 5) is 19.3. The lowest BCUT2D eigenvalue weighted by atomic mass is 10.1. The Balaban J connectivity index is 1.97. The fraction of sp³-hybridized carbons (Fsp3) is 0.200. The highest BCUT2D eigenvalue weighted by Crippen LogP contribution is 2.38. The summed E-state index contributed by atoms with van der Waals surface area (Å²) in [6.45, 7) is 2.33. The fourth-order valence-electron chi connectivity index (χ4n) is 2.62. The van der Waals surface area contributed by atoms with E-state index < -0.39 is 0 Å². The van der Waals surface area contributed by atoms with Crippen LogP contribution >= 0.6 is 23.4 Å². The van der Waals surface area contributed by atoms with Gasteiger partial charge in [0.05, 0.1) is 29.8 Å². The van der Waals surface area contributed by atoms with Gasteiger partial charge in [-0.3, -0.25) is 9.69 Å². The summed E-state index contributed by atoms with van der Waals surface area (Å²) in [6, 6.07) is 9.15. The number of nitrogens with zero attached hydrogens (tertiary/aromatic N) is 2. The number of thioether (sulfide) groups is 1. The first-order chi connectivity index (χ1) is 13.5. The largest absolute Gasteiger partial charge is 0.493 e. The van der Waals surface area contributed by atoms with Crippen molar-refractivity contribution in [3.8, 4) is 11.5 Å². The van der Waals surface area contributed by atoms with E-state index >= 15 is 0 Å². The highest BCUT2D eigenvalue weighted by atomic mass is 35.5. The molecule has 0 aliphatic carbocycles. The normalized spacial score (nSPS) is 16.9. The third-order valence-corrected chi connectivity index (χ3v) is 5.38. The highest BCUT2D eigenvalue weighted by molar-refractivity contribution is 8.18. The monoisotopic (exact) mass is 420 g/mol. The van der Waals surface area contributed by atoms with Crippen LogP contribution in [0.5, 0.6) is 11.5 Å². The molecule has 28 heavy (non-hydrogen) atoms. The Kier molecular flexibility index (Phi) is 6.26. The van der Waals surface area contributed by atoms with Crippen molar-refractivity contribution in [2.24, 2.45) is 4.99 Å². The van der Waals surface area contributed by atoms with Crippen LogP contribution in [0.4, 0.5) is 10.1 Å². The van der Waals surface area contributed by atoms with Gasteiger partial charge in [0, 0.05) is 12.6 Å². The first-order valence-electron chi connectivity index (χ1n) is 8.44. The number of rotatable bonds is 5. The molecule has 1 amide bonds. The standard InChI is InChI=1S/C20H18ClFN2O3S/c1-4-24-19(25)18(28-20(24)23-14-7-5-13(22)6-8-14)10-12-9-16(26-2)17(27-3)11-15(12)21/h5-11H,4H2,1-3H3/b18-10+,23-20?. The van der Waals surface area contributed by atoms with Crippen LogP contribution in [0.25, 0.3) is 6.08 Å². The molecule has 0 bridgehead atoms. The van der Waals surface area contributed by atoms with E-state index in [1.807, 2.05) is 6.92 Å². The maximum Gasteiger partial charge on any atom is 0.266 e. The SMILES string of the molecule is CCN1C(=O)/C(=C\c2cc(OC)c(OC)cc2Cl)SC1=Nc1ccc(F)cc1. The molecule has 0 radical (unpaired) electrons. The second-order valence-corrected chi connectivity index (χ2v) is 7.18. The number of carbonyl (C=O) groups is 1. The number of halogens is 2. The molecule has 1 fully saturated rings. The molecule has 1 aliphatic rings. The van der Waals surface area contributed by atoms with Crippen LogP contribution in [-0.2, 0) is 4.79 Å². The third kappa shape index (κ3) is 4.15. The molecule has 0 aromatic heterocycles. The molecule has 1 saturated heterocycles. The van der Waals surface area contributed by atoms with Gasteiger partial charge < -0.3 is 9.47 Å². The van der Waals surface area contributed by atoms with Gasteiger partial charge in [-0.05, 0) is 60.7 Å². The van der Waals surface area contributed by atoms with Gasteiger partial charge in [-0.25, -0.2) is 9.38 Å². The lowest BCUT2D eigenvalue weighted by Crippen LogP contribution is -2.28. The first-order valence-corrected chi connectivity index (χ1v) is 9.63. The summed E-state index contributed by atoms with van der Waals surface area (Å²) in [6.07, 6.45) is 1.70. The van der Waals surface area contributed by atoms with Gasteiger partial charge in [-0.15, -0.1) is 0 Å². The molecule has 2 aromatic rings. The number of carbonyl (C=O) groups excluding carboxylic acids is 1. The summed E-state index contributed by atoms with van der Waals surface area (Å²) in [5.74, 6) is 0.518. The van der Waals surface area contributed by atoms with Crippen LogP contribution in [0.15, 0.2) is 46.3 Å². The van der Waals surface area contributed by atoms with Gasteiger partial charge in [0.25, 0.3) is 5.91 Å². The lowest BCUT2D eigenvalue weighted by Gasteiger charge is -2.12. The molecule has 146 valence electrons. The van der Waals surface area contributed by atoms with Gasteiger partial charge in [0.15, 0.2) is 16.7 Å². The Hall–Kier alpha value is -2.51. The van der Waals surface area contributed by atoms with Gasteiger partial charge in [-0.1, -0.05) is 11.6 Å². The number of benzene rings is 2. The van der Waals surface area contributed by atoms with E-state index in [-0.39, 0.29) is 11.7 Å². The first kappa shape index (κ1) is 20.2. The smallest absolute Gasteiger partial charge is 0.266 e. The van der Waals surface area contributed by atoms with E-state index in [1.54, 1.807) is 35.2 Å². The van der Waals surface area contributed by atoms with Crippen molar-refractivity contribution in [3.05, 3.63) is 57.7 Å². The summed E-state index contributed by atoms with van der Waals surface area (Å²) < 4.78 is 23.6. The average Bonchev–Trinajstić information content (AvgIpc) is 2.99. The van der Waals surface area contributed by atoms with Crippen molar-refractivity contribution < 1.29 is 18.7 Å². The van der Waals surface area contributed by atoms with Crippen molar-refractivity contribution in [3.63, 3.8) is 0 Å². The zero-order valence-corrected chi connectivity index (χ0v) is 17.1. The van der Waals surface area contributed by atoms with Gasteiger partial charge in [0.2, 0.25) is 0 Å². The molecule has 5 nitrogen and oxygen atoms in total. The Labute approximate surface area is 171 Å². The third-order valence-electron chi connectivity index (χ3n) is 4.05. The molecule has 1 aliphatic heterocycles. The minimum Gasteiger partial charge on any atom is -0.493 e. The Morgan fingerprint density at radius 1 is 1.18 bits per heavy atom. The Morgan fingerprint density at radius 2 is 1.82 bits per heavy atom. The number of hydrogen-bond acceptors (Lipinski definition) is 5. The minimum atomic E-state index is -0.338. The summed E-state index contributed by atoms with van der Waals surface area (Å²) in [5.41, 5.74) is 1.20. The van der Waals surface area contributed by atoms with Gasteiger partial charge in [-0.2, -0.15) is 0 Å². The number of methoxy groups -OCH3 is 2.